The summed E-state index contributed by atoms with van der Waals surface area (Å²) >= 11 is 0. The van der Waals surface area contributed by atoms with Gasteiger partial charge in [-0.1, -0.05) is 0 Å². The van der Waals surface area contributed by atoms with E-state index in [0.29, 0.717) is 30.3 Å². The van der Waals surface area contributed by atoms with E-state index >= 15 is 0 Å². The Kier molecular flexibility index (Phi) is 3.49. The fourth-order valence-electron chi connectivity index (χ4n) is 1.38. The molecule has 0 aliphatic carbocycles. The van der Waals surface area contributed by atoms with Crippen molar-refractivity contribution in [1.29, 1.82) is 0 Å². The first-order valence-electron chi connectivity index (χ1n) is 5.25. The summed E-state index contributed by atoms with van der Waals surface area (Å²) in [5.74, 6) is 0.695. The molecule has 1 heterocycles. The zero-order valence-electron chi connectivity index (χ0n) is 9.76. The number of carbonyl (C=O) groups is 1. The van der Waals surface area contributed by atoms with E-state index < -0.39 is 0 Å². The second-order valence-electron chi connectivity index (χ2n) is 3.62. The number of carbonyl (C=O) groups excluding carboxylic acids is 1. The first-order chi connectivity index (χ1) is 8.24. The van der Waals surface area contributed by atoms with Crippen LogP contribution in [0.1, 0.15) is 10.4 Å². The van der Waals surface area contributed by atoms with Crippen molar-refractivity contribution < 1.29 is 23.7 Å². The van der Waals surface area contributed by atoms with Gasteiger partial charge in [-0.3, -0.25) is 0 Å². The highest BCUT2D eigenvalue weighted by atomic mass is 16.6. The Bertz CT molecular complexity index is 411. The molecule has 1 fully saturated rings. The topological polar surface area (TPSA) is 57.3 Å². The molecule has 0 unspecified atom stereocenters. The van der Waals surface area contributed by atoms with Gasteiger partial charge in [0.2, 0.25) is 0 Å². The first-order valence-corrected chi connectivity index (χ1v) is 5.25. The summed E-state index contributed by atoms with van der Waals surface area (Å²) in [7, 11) is 3.06. The van der Waals surface area contributed by atoms with Crippen molar-refractivity contribution >= 4 is 5.97 Å². The van der Waals surface area contributed by atoms with Gasteiger partial charge in [-0.2, -0.15) is 0 Å². The van der Waals surface area contributed by atoms with Crippen LogP contribution in [0.4, 0.5) is 0 Å². The number of esters is 1. The smallest absolute Gasteiger partial charge is 0.338 e. The number of methoxy groups -OCH3 is 2. The summed E-state index contributed by atoms with van der Waals surface area (Å²) in [6.45, 7) is 0.965. The molecule has 1 aliphatic heterocycles. The minimum atomic E-state index is -0.388. The fraction of sp³-hybridized carbons (Fsp3) is 0.417. The Hall–Kier alpha value is -1.75. The molecular formula is C12H14O5. The van der Waals surface area contributed by atoms with Gasteiger partial charge < -0.3 is 18.9 Å². The predicted octanol–water partition coefficient (Wildman–Crippen LogP) is 1.26. The third-order valence-corrected chi connectivity index (χ3v) is 2.42. The van der Waals surface area contributed by atoms with E-state index in [-0.39, 0.29) is 12.1 Å². The molecule has 0 amide bonds. The lowest BCUT2D eigenvalue weighted by Gasteiger charge is -2.09. The maximum Gasteiger partial charge on any atom is 0.338 e. The van der Waals surface area contributed by atoms with Crippen molar-refractivity contribution in [3.05, 3.63) is 23.8 Å². The van der Waals surface area contributed by atoms with Gasteiger partial charge in [0.1, 0.15) is 12.7 Å². The monoisotopic (exact) mass is 238 g/mol. The molecule has 1 aromatic rings. The molecule has 0 aromatic heterocycles. The summed E-state index contributed by atoms with van der Waals surface area (Å²) in [5, 5.41) is 0. The van der Waals surface area contributed by atoms with Gasteiger partial charge in [0.05, 0.1) is 26.4 Å². The molecule has 5 heteroatoms. The highest BCUT2D eigenvalue weighted by molar-refractivity contribution is 5.90. The molecule has 1 aliphatic rings. The second kappa shape index (κ2) is 5.05. The van der Waals surface area contributed by atoms with Crippen LogP contribution in [0.15, 0.2) is 18.2 Å². The average Bonchev–Trinajstić information content (AvgIpc) is 3.19. The molecule has 1 saturated heterocycles. The lowest BCUT2D eigenvalue weighted by atomic mass is 10.2. The number of epoxide rings is 1. The van der Waals surface area contributed by atoms with E-state index in [9.17, 15) is 4.79 Å². The maximum atomic E-state index is 11.7. The molecule has 1 aromatic carbocycles. The van der Waals surface area contributed by atoms with Crippen LogP contribution in [-0.2, 0) is 9.47 Å². The van der Waals surface area contributed by atoms with E-state index in [2.05, 4.69) is 0 Å². The highest BCUT2D eigenvalue weighted by Gasteiger charge is 2.24. The van der Waals surface area contributed by atoms with Crippen LogP contribution in [-0.4, -0.2) is 39.5 Å². The molecule has 0 bridgehead atoms. The molecule has 0 saturated carbocycles. The zero-order valence-corrected chi connectivity index (χ0v) is 9.76. The van der Waals surface area contributed by atoms with Crippen LogP contribution in [0.5, 0.6) is 11.5 Å². The minimum absolute atomic E-state index is 0.0686. The zero-order chi connectivity index (χ0) is 12.3. The van der Waals surface area contributed by atoms with Crippen LogP contribution >= 0.6 is 0 Å². The van der Waals surface area contributed by atoms with Crippen LogP contribution < -0.4 is 9.47 Å². The Morgan fingerprint density at radius 2 is 2.06 bits per heavy atom. The molecule has 17 heavy (non-hydrogen) atoms. The molecule has 2 rings (SSSR count). The van der Waals surface area contributed by atoms with E-state index in [4.69, 9.17) is 18.9 Å². The molecule has 0 N–H and O–H groups in total. The van der Waals surface area contributed by atoms with Gasteiger partial charge in [0, 0.05) is 0 Å². The SMILES string of the molecule is COc1ccc(C(=O)OC[C@@H]2CO2)cc1OC. The molecule has 1 atom stereocenters. The van der Waals surface area contributed by atoms with Gasteiger partial charge in [-0.15, -0.1) is 0 Å². The van der Waals surface area contributed by atoms with E-state index in [1.807, 2.05) is 0 Å². The molecular weight excluding hydrogens is 224 g/mol. The summed E-state index contributed by atoms with van der Waals surface area (Å²) < 4.78 is 20.2. The predicted molar refractivity (Wildman–Crippen MR) is 59.6 cm³/mol. The van der Waals surface area contributed by atoms with Crippen molar-refractivity contribution in [2.75, 3.05) is 27.4 Å². The highest BCUT2D eigenvalue weighted by Crippen LogP contribution is 2.27. The first kappa shape index (κ1) is 11.7. The average molecular weight is 238 g/mol. The number of benzene rings is 1. The quantitative estimate of drug-likeness (QED) is 0.571. The molecule has 92 valence electrons. The van der Waals surface area contributed by atoms with Crippen molar-refractivity contribution in [2.45, 2.75) is 6.10 Å². The fourth-order valence-corrected chi connectivity index (χ4v) is 1.38. The summed E-state index contributed by atoms with van der Waals surface area (Å²) in [6.07, 6.45) is 0.0686. The number of hydrogen-bond donors (Lipinski definition) is 0. The van der Waals surface area contributed by atoms with Crippen molar-refractivity contribution in [3.8, 4) is 11.5 Å². The lowest BCUT2D eigenvalue weighted by molar-refractivity contribution is 0.0476. The normalized spacial score (nSPS) is 17.4. The molecule has 0 radical (unpaired) electrons. The van der Waals surface area contributed by atoms with E-state index in [1.54, 1.807) is 25.3 Å². The van der Waals surface area contributed by atoms with Crippen LogP contribution in [0.3, 0.4) is 0 Å². The van der Waals surface area contributed by atoms with Crippen molar-refractivity contribution in [3.63, 3.8) is 0 Å². The van der Waals surface area contributed by atoms with Crippen molar-refractivity contribution in [1.82, 2.24) is 0 Å². The van der Waals surface area contributed by atoms with E-state index in [1.165, 1.54) is 7.11 Å². The van der Waals surface area contributed by atoms with Gasteiger partial charge in [0.15, 0.2) is 11.5 Å². The Morgan fingerprint density at radius 1 is 1.35 bits per heavy atom. The Balaban J connectivity index is 2.05. The third-order valence-electron chi connectivity index (χ3n) is 2.42. The summed E-state index contributed by atoms with van der Waals surface area (Å²) in [6, 6.07) is 4.90. The largest absolute Gasteiger partial charge is 0.493 e. The minimum Gasteiger partial charge on any atom is -0.493 e. The molecule has 0 spiro atoms. The van der Waals surface area contributed by atoms with Crippen molar-refractivity contribution in [2.24, 2.45) is 0 Å². The van der Waals surface area contributed by atoms with Crippen LogP contribution in [0.25, 0.3) is 0 Å². The Morgan fingerprint density at radius 3 is 2.65 bits per heavy atom. The Labute approximate surface area is 99.2 Å². The number of hydrogen-bond acceptors (Lipinski definition) is 5. The van der Waals surface area contributed by atoms with Gasteiger partial charge in [-0.05, 0) is 18.2 Å². The summed E-state index contributed by atoms with van der Waals surface area (Å²) in [5.41, 5.74) is 0.434. The van der Waals surface area contributed by atoms with Gasteiger partial charge in [-0.25, -0.2) is 4.79 Å². The number of rotatable bonds is 5. The molecule has 5 nitrogen and oxygen atoms in total. The van der Waals surface area contributed by atoms with Gasteiger partial charge in [0.25, 0.3) is 0 Å². The van der Waals surface area contributed by atoms with Crippen LogP contribution in [0, 0.1) is 0 Å². The number of ether oxygens (including phenoxy) is 4. The lowest BCUT2D eigenvalue weighted by Crippen LogP contribution is -2.10. The van der Waals surface area contributed by atoms with Crippen LogP contribution in [0.2, 0.25) is 0 Å². The van der Waals surface area contributed by atoms with E-state index in [0.717, 1.165) is 0 Å². The van der Waals surface area contributed by atoms with Gasteiger partial charge >= 0.3 is 5.97 Å². The standard InChI is InChI=1S/C12H14O5/c1-14-10-4-3-8(5-11(10)15-2)12(13)17-7-9-6-16-9/h3-5,9H,6-7H2,1-2H3/t9-/m0/s1. The maximum absolute atomic E-state index is 11.7. The second-order valence-corrected chi connectivity index (χ2v) is 3.62. The summed E-state index contributed by atoms with van der Waals surface area (Å²) in [4.78, 5) is 11.7. The third kappa shape index (κ3) is 2.88.